The summed E-state index contributed by atoms with van der Waals surface area (Å²) in [7, 11) is 0.771. The smallest absolute Gasteiger partial charge is 0.242 e. The highest BCUT2D eigenvalue weighted by Gasteiger charge is 2.19. The van der Waals surface area contributed by atoms with Crippen molar-refractivity contribution in [2.75, 3.05) is 26.5 Å². The molecule has 2 aromatic carbocycles. The molecule has 0 aliphatic carbocycles. The lowest BCUT2D eigenvalue weighted by Gasteiger charge is -2.15. The lowest BCUT2D eigenvalue weighted by atomic mass is 10.1. The van der Waals surface area contributed by atoms with Gasteiger partial charge in [-0.25, -0.2) is 12.7 Å². The lowest BCUT2D eigenvalue weighted by Crippen LogP contribution is -2.22. The van der Waals surface area contributed by atoms with Gasteiger partial charge < -0.3 is 10.1 Å². The number of ether oxygens (including phenoxy) is 1. The Kier molecular flexibility index (Phi) is 5.58. The van der Waals surface area contributed by atoms with Gasteiger partial charge in [0, 0.05) is 14.1 Å². The Morgan fingerprint density at radius 2 is 1.79 bits per heavy atom. The van der Waals surface area contributed by atoms with E-state index in [0.717, 1.165) is 9.87 Å². The minimum absolute atomic E-state index is 0.0864. The van der Waals surface area contributed by atoms with Crippen molar-refractivity contribution in [2.45, 2.75) is 11.3 Å². The fourth-order valence-corrected chi connectivity index (χ4v) is 3.06. The van der Waals surface area contributed by atoms with Gasteiger partial charge in [-0.05, 0) is 23.8 Å². The zero-order valence-corrected chi connectivity index (χ0v) is 14.6. The fraction of sp³-hybridized carbons (Fsp3) is 0.235. The third kappa shape index (κ3) is 4.12. The van der Waals surface area contributed by atoms with E-state index in [1.165, 1.54) is 39.4 Å². The summed E-state index contributed by atoms with van der Waals surface area (Å²) in [4.78, 5) is 12.3. The average Bonchev–Trinajstić information content (AvgIpc) is 2.55. The molecule has 0 fully saturated rings. The maximum atomic E-state index is 12.2. The molecule has 0 aliphatic heterocycles. The number of hydrogen-bond acceptors (Lipinski definition) is 4. The van der Waals surface area contributed by atoms with Gasteiger partial charge >= 0.3 is 0 Å². The molecule has 1 N–H and O–H groups in total. The summed E-state index contributed by atoms with van der Waals surface area (Å²) in [5, 5.41) is 2.71. The third-order valence-corrected chi connectivity index (χ3v) is 5.24. The second-order valence-electron chi connectivity index (χ2n) is 5.36. The van der Waals surface area contributed by atoms with Crippen LogP contribution in [0.3, 0.4) is 0 Å². The van der Waals surface area contributed by atoms with E-state index in [2.05, 4.69) is 5.32 Å². The Morgan fingerprint density at radius 3 is 2.38 bits per heavy atom. The van der Waals surface area contributed by atoms with Gasteiger partial charge in [0.25, 0.3) is 0 Å². The summed E-state index contributed by atoms with van der Waals surface area (Å²) < 4.78 is 30.8. The molecule has 2 rings (SSSR count). The molecule has 0 radical (unpaired) electrons. The molecule has 0 aliphatic rings. The van der Waals surface area contributed by atoms with Crippen LogP contribution in [-0.2, 0) is 21.2 Å². The van der Waals surface area contributed by atoms with E-state index in [0.29, 0.717) is 11.4 Å². The van der Waals surface area contributed by atoms with Crippen LogP contribution in [0.2, 0.25) is 0 Å². The Labute approximate surface area is 142 Å². The van der Waals surface area contributed by atoms with E-state index >= 15 is 0 Å². The van der Waals surface area contributed by atoms with E-state index in [-0.39, 0.29) is 17.2 Å². The van der Waals surface area contributed by atoms with Crippen molar-refractivity contribution in [3.05, 3.63) is 54.1 Å². The third-order valence-electron chi connectivity index (χ3n) is 3.43. The van der Waals surface area contributed by atoms with Crippen LogP contribution in [0.5, 0.6) is 5.75 Å². The number of benzene rings is 2. The fourth-order valence-electron chi connectivity index (χ4n) is 2.13. The number of carbonyl (C=O) groups excluding carboxylic acids is 1. The highest BCUT2D eigenvalue weighted by atomic mass is 32.2. The predicted octanol–water partition coefficient (Wildman–Crippen LogP) is 2.13. The van der Waals surface area contributed by atoms with Crippen LogP contribution >= 0.6 is 0 Å². The SMILES string of the molecule is COc1ccc(S(=O)(=O)N(C)C)cc1NC(=O)Cc1ccccc1. The van der Waals surface area contributed by atoms with Crippen molar-refractivity contribution < 1.29 is 17.9 Å². The van der Waals surface area contributed by atoms with Gasteiger partial charge in [-0.1, -0.05) is 30.3 Å². The van der Waals surface area contributed by atoms with Crippen molar-refractivity contribution in [1.82, 2.24) is 4.31 Å². The van der Waals surface area contributed by atoms with Crippen molar-refractivity contribution in [2.24, 2.45) is 0 Å². The summed E-state index contributed by atoms with van der Waals surface area (Å²) in [6, 6.07) is 13.7. The quantitative estimate of drug-likeness (QED) is 0.868. The number of amides is 1. The summed E-state index contributed by atoms with van der Waals surface area (Å²) in [6.45, 7) is 0. The minimum Gasteiger partial charge on any atom is -0.495 e. The molecule has 0 heterocycles. The van der Waals surface area contributed by atoms with E-state index in [1.54, 1.807) is 0 Å². The van der Waals surface area contributed by atoms with Crippen molar-refractivity contribution in [3.63, 3.8) is 0 Å². The summed E-state index contributed by atoms with van der Waals surface area (Å²) >= 11 is 0. The number of hydrogen-bond donors (Lipinski definition) is 1. The standard InChI is InChI=1S/C17H20N2O4S/c1-19(2)24(21,22)14-9-10-16(23-3)15(12-14)18-17(20)11-13-7-5-4-6-8-13/h4-10,12H,11H2,1-3H3,(H,18,20). The molecule has 1 amide bonds. The van der Waals surface area contributed by atoms with Gasteiger partial charge in [-0.3, -0.25) is 4.79 Å². The molecule has 0 spiro atoms. The number of carbonyl (C=O) groups is 1. The van der Waals surface area contributed by atoms with E-state index in [4.69, 9.17) is 4.74 Å². The molecule has 7 heteroatoms. The molecular weight excluding hydrogens is 328 g/mol. The maximum Gasteiger partial charge on any atom is 0.242 e. The Hall–Kier alpha value is -2.38. The van der Waals surface area contributed by atoms with Crippen LogP contribution < -0.4 is 10.1 Å². The van der Waals surface area contributed by atoms with Gasteiger partial charge in [-0.2, -0.15) is 0 Å². The molecule has 0 aromatic heterocycles. The highest BCUT2D eigenvalue weighted by Crippen LogP contribution is 2.28. The molecular formula is C17H20N2O4S. The van der Waals surface area contributed by atoms with E-state index < -0.39 is 10.0 Å². The molecule has 0 bridgehead atoms. The van der Waals surface area contributed by atoms with Crippen molar-refractivity contribution in [1.29, 1.82) is 0 Å². The zero-order valence-electron chi connectivity index (χ0n) is 13.8. The number of methoxy groups -OCH3 is 1. The summed E-state index contributed by atoms with van der Waals surface area (Å²) in [5.74, 6) is 0.146. The molecule has 2 aromatic rings. The van der Waals surface area contributed by atoms with Gasteiger partial charge in [0.2, 0.25) is 15.9 Å². The van der Waals surface area contributed by atoms with Crippen molar-refractivity contribution >= 4 is 21.6 Å². The average molecular weight is 348 g/mol. The Balaban J connectivity index is 2.26. The zero-order chi connectivity index (χ0) is 17.7. The van der Waals surface area contributed by atoms with E-state index in [1.807, 2.05) is 30.3 Å². The second kappa shape index (κ2) is 7.46. The predicted molar refractivity (Wildman–Crippen MR) is 92.6 cm³/mol. The second-order valence-corrected chi connectivity index (χ2v) is 7.51. The first-order chi connectivity index (χ1) is 11.3. The first-order valence-corrected chi connectivity index (χ1v) is 8.73. The molecule has 24 heavy (non-hydrogen) atoms. The van der Waals surface area contributed by atoms with Gasteiger partial charge in [-0.15, -0.1) is 0 Å². The van der Waals surface area contributed by atoms with Crippen LogP contribution in [0, 0.1) is 0 Å². The highest BCUT2D eigenvalue weighted by molar-refractivity contribution is 7.89. The summed E-state index contributed by atoms with van der Waals surface area (Å²) in [5.41, 5.74) is 1.19. The Bertz CT molecular complexity index is 818. The lowest BCUT2D eigenvalue weighted by molar-refractivity contribution is -0.115. The minimum atomic E-state index is -3.59. The topological polar surface area (TPSA) is 75.7 Å². The monoisotopic (exact) mass is 348 g/mol. The molecule has 0 saturated heterocycles. The number of rotatable bonds is 6. The van der Waals surface area contributed by atoms with E-state index in [9.17, 15) is 13.2 Å². The number of nitrogens with zero attached hydrogens (tertiary/aromatic N) is 1. The maximum absolute atomic E-state index is 12.2. The van der Waals surface area contributed by atoms with Gasteiger partial charge in [0.05, 0.1) is 24.1 Å². The molecule has 128 valence electrons. The van der Waals surface area contributed by atoms with Crippen molar-refractivity contribution in [3.8, 4) is 5.75 Å². The first kappa shape index (κ1) is 18.0. The Morgan fingerprint density at radius 1 is 1.12 bits per heavy atom. The van der Waals surface area contributed by atoms with Crippen LogP contribution in [0.4, 0.5) is 5.69 Å². The first-order valence-electron chi connectivity index (χ1n) is 7.29. The normalized spacial score (nSPS) is 11.3. The molecule has 0 unspecified atom stereocenters. The van der Waals surface area contributed by atoms with Crippen LogP contribution in [-0.4, -0.2) is 39.8 Å². The largest absolute Gasteiger partial charge is 0.495 e. The van der Waals surface area contributed by atoms with Crippen LogP contribution in [0.1, 0.15) is 5.56 Å². The number of nitrogens with one attached hydrogen (secondary N) is 1. The molecule has 0 saturated carbocycles. The molecule has 6 nitrogen and oxygen atoms in total. The van der Waals surface area contributed by atoms with Crippen LogP contribution in [0.15, 0.2) is 53.4 Å². The van der Waals surface area contributed by atoms with Gasteiger partial charge in [0.15, 0.2) is 0 Å². The number of sulfonamides is 1. The number of anilines is 1. The molecule has 0 atom stereocenters. The summed E-state index contributed by atoms with van der Waals surface area (Å²) in [6.07, 6.45) is 0.189. The van der Waals surface area contributed by atoms with Crippen LogP contribution in [0.25, 0.3) is 0 Å². The van der Waals surface area contributed by atoms with Gasteiger partial charge in [0.1, 0.15) is 5.75 Å².